The number of nitrogens with one attached hydrogen (secondary N) is 1. The Morgan fingerprint density at radius 3 is 2.89 bits per heavy atom. The molecule has 3 atom stereocenters. The molecule has 1 aromatic rings. The van der Waals surface area contributed by atoms with Gasteiger partial charge >= 0.3 is 0 Å². The molecule has 0 bridgehead atoms. The van der Waals surface area contributed by atoms with E-state index in [9.17, 15) is 0 Å². The lowest BCUT2D eigenvalue weighted by Gasteiger charge is -2.29. The number of hydrogen-bond acceptors (Lipinski definition) is 2. The Morgan fingerprint density at radius 2 is 2.00 bits per heavy atom. The Balaban J connectivity index is 1.77. The summed E-state index contributed by atoms with van der Waals surface area (Å²) in [6, 6.07) is 6.19. The zero-order chi connectivity index (χ0) is 13.2. The van der Waals surface area contributed by atoms with Crippen molar-refractivity contribution in [2.45, 2.75) is 37.8 Å². The summed E-state index contributed by atoms with van der Waals surface area (Å²) >= 11 is 12.3. The molecule has 0 amide bonds. The molecule has 0 aromatic heterocycles. The van der Waals surface area contributed by atoms with Crippen molar-refractivity contribution in [2.75, 3.05) is 13.2 Å². The van der Waals surface area contributed by atoms with E-state index in [0.29, 0.717) is 17.0 Å². The summed E-state index contributed by atoms with van der Waals surface area (Å²) in [6.45, 7) is 1.65. The largest absolute Gasteiger partial charge is 0.372 e. The van der Waals surface area contributed by atoms with Crippen LogP contribution in [-0.2, 0) is 4.74 Å². The molecule has 1 N–H and O–H groups in total. The van der Waals surface area contributed by atoms with Gasteiger partial charge in [0.1, 0.15) is 0 Å². The quantitative estimate of drug-likeness (QED) is 0.838. The number of rotatable bonds is 1. The van der Waals surface area contributed by atoms with Gasteiger partial charge < -0.3 is 10.1 Å². The van der Waals surface area contributed by atoms with E-state index in [4.69, 9.17) is 27.9 Å². The van der Waals surface area contributed by atoms with Crippen molar-refractivity contribution in [3.05, 3.63) is 33.8 Å². The van der Waals surface area contributed by atoms with Crippen LogP contribution in [0, 0.1) is 5.92 Å². The molecule has 104 valence electrons. The molecule has 2 aliphatic rings. The highest BCUT2D eigenvalue weighted by Gasteiger charge is 2.30. The number of hydrogen-bond donors (Lipinski definition) is 1. The molecule has 4 heteroatoms. The Labute approximate surface area is 124 Å². The summed E-state index contributed by atoms with van der Waals surface area (Å²) in [7, 11) is 0. The van der Waals surface area contributed by atoms with Crippen molar-refractivity contribution in [3.63, 3.8) is 0 Å². The van der Waals surface area contributed by atoms with Gasteiger partial charge in [0.15, 0.2) is 0 Å². The first kappa shape index (κ1) is 13.7. The average molecular weight is 300 g/mol. The highest BCUT2D eigenvalue weighted by Crippen LogP contribution is 2.33. The first-order valence-corrected chi connectivity index (χ1v) is 7.79. The zero-order valence-corrected chi connectivity index (χ0v) is 12.4. The summed E-state index contributed by atoms with van der Waals surface area (Å²) < 4.78 is 6.09. The van der Waals surface area contributed by atoms with Gasteiger partial charge in [0.05, 0.1) is 12.7 Å². The van der Waals surface area contributed by atoms with Gasteiger partial charge in [-0.25, -0.2) is 0 Å². The van der Waals surface area contributed by atoms with Crippen LogP contribution in [-0.4, -0.2) is 19.2 Å². The SMILES string of the molecule is Clc1ccc(Cl)c(C2CNC3CCCCC3CO2)c1. The van der Waals surface area contributed by atoms with Crippen LogP contribution in [0.25, 0.3) is 0 Å². The van der Waals surface area contributed by atoms with E-state index >= 15 is 0 Å². The standard InChI is InChI=1S/C15H19Cl2NO/c16-11-5-6-13(17)12(7-11)15-8-18-14-4-2-1-3-10(14)9-19-15/h5-7,10,14-15,18H,1-4,8-9H2. The molecule has 2 nitrogen and oxygen atoms in total. The molecule has 1 aromatic carbocycles. The third-order valence-corrected chi connectivity index (χ3v) is 4.87. The third-order valence-electron chi connectivity index (χ3n) is 4.29. The van der Waals surface area contributed by atoms with Crippen LogP contribution >= 0.6 is 23.2 Å². The summed E-state index contributed by atoms with van der Waals surface area (Å²) in [5.74, 6) is 0.650. The van der Waals surface area contributed by atoms with Gasteiger partial charge in [-0.2, -0.15) is 0 Å². The number of ether oxygens (including phenoxy) is 1. The van der Waals surface area contributed by atoms with Crippen molar-refractivity contribution in [3.8, 4) is 0 Å². The Bertz CT molecular complexity index is 436. The second-order valence-corrected chi connectivity index (χ2v) is 6.39. The zero-order valence-electron chi connectivity index (χ0n) is 10.9. The van der Waals surface area contributed by atoms with E-state index in [1.54, 1.807) is 0 Å². The molecule has 0 radical (unpaired) electrons. The molecule has 1 heterocycles. The molecule has 2 fully saturated rings. The van der Waals surface area contributed by atoms with Crippen LogP contribution < -0.4 is 5.32 Å². The number of benzene rings is 1. The van der Waals surface area contributed by atoms with Crippen molar-refractivity contribution >= 4 is 23.2 Å². The molecule has 1 aliphatic heterocycles. The van der Waals surface area contributed by atoms with Gasteiger partial charge in [0, 0.05) is 28.2 Å². The summed E-state index contributed by atoms with van der Waals surface area (Å²) in [5, 5.41) is 5.10. The molecule has 3 rings (SSSR count). The van der Waals surface area contributed by atoms with Gasteiger partial charge in [0.25, 0.3) is 0 Å². The molecule has 0 spiro atoms. The van der Waals surface area contributed by atoms with Crippen molar-refractivity contribution in [1.29, 1.82) is 0 Å². The lowest BCUT2D eigenvalue weighted by molar-refractivity contribution is 0.0402. The van der Waals surface area contributed by atoms with E-state index in [-0.39, 0.29) is 6.10 Å². The molecule has 19 heavy (non-hydrogen) atoms. The minimum Gasteiger partial charge on any atom is -0.372 e. The Hall–Kier alpha value is -0.280. The second-order valence-electron chi connectivity index (χ2n) is 5.55. The van der Waals surface area contributed by atoms with Gasteiger partial charge in [-0.1, -0.05) is 36.0 Å². The van der Waals surface area contributed by atoms with E-state index in [1.807, 2.05) is 18.2 Å². The summed E-state index contributed by atoms with van der Waals surface area (Å²) in [6.07, 6.45) is 5.21. The number of fused-ring (bicyclic) bond motifs is 1. The van der Waals surface area contributed by atoms with E-state index < -0.39 is 0 Å². The van der Waals surface area contributed by atoms with E-state index in [2.05, 4.69) is 5.32 Å². The van der Waals surface area contributed by atoms with Gasteiger partial charge in [-0.05, 0) is 37.0 Å². The second kappa shape index (κ2) is 6.01. The fraction of sp³-hybridized carbons (Fsp3) is 0.600. The van der Waals surface area contributed by atoms with Crippen LogP contribution in [0.2, 0.25) is 10.0 Å². The minimum absolute atomic E-state index is 0.0109. The molecular weight excluding hydrogens is 281 g/mol. The lowest BCUT2D eigenvalue weighted by Crippen LogP contribution is -2.38. The molecule has 1 saturated carbocycles. The summed E-state index contributed by atoms with van der Waals surface area (Å²) in [4.78, 5) is 0. The highest BCUT2D eigenvalue weighted by molar-refractivity contribution is 6.33. The maximum atomic E-state index is 6.27. The van der Waals surface area contributed by atoms with Crippen LogP contribution in [0.1, 0.15) is 37.4 Å². The number of halogens is 2. The van der Waals surface area contributed by atoms with Crippen LogP contribution in [0.3, 0.4) is 0 Å². The first-order valence-electron chi connectivity index (χ1n) is 7.04. The van der Waals surface area contributed by atoms with Gasteiger partial charge in [0.2, 0.25) is 0 Å². The van der Waals surface area contributed by atoms with Gasteiger partial charge in [-0.15, -0.1) is 0 Å². The normalized spacial score (nSPS) is 31.6. The van der Waals surface area contributed by atoms with Crippen LogP contribution in [0.5, 0.6) is 0 Å². The Morgan fingerprint density at radius 1 is 1.16 bits per heavy atom. The first-order chi connectivity index (χ1) is 9.24. The molecular formula is C15H19Cl2NO. The average Bonchev–Trinajstić information content (AvgIpc) is 2.64. The monoisotopic (exact) mass is 299 g/mol. The van der Waals surface area contributed by atoms with Crippen molar-refractivity contribution in [1.82, 2.24) is 5.32 Å². The van der Waals surface area contributed by atoms with Crippen LogP contribution in [0.15, 0.2) is 18.2 Å². The third kappa shape index (κ3) is 3.08. The maximum Gasteiger partial charge on any atom is 0.0964 e. The smallest absolute Gasteiger partial charge is 0.0964 e. The molecule has 1 saturated heterocycles. The van der Waals surface area contributed by atoms with Crippen molar-refractivity contribution < 1.29 is 4.74 Å². The minimum atomic E-state index is 0.0109. The fourth-order valence-corrected chi connectivity index (χ4v) is 3.61. The maximum absolute atomic E-state index is 6.27. The van der Waals surface area contributed by atoms with Gasteiger partial charge in [-0.3, -0.25) is 0 Å². The lowest BCUT2D eigenvalue weighted by atomic mass is 9.85. The van der Waals surface area contributed by atoms with E-state index in [0.717, 1.165) is 23.7 Å². The topological polar surface area (TPSA) is 21.3 Å². The van der Waals surface area contributed by atoms with E-state index in [1.165, 1.54) is 25.7 Å². The molecule has 1 aliphatic carbocycles. The highest BCUT2D eigenvalue weighted by atomic mass is 35.5. The predicted molar refractivity (Wildman–Crippen MR) is 78.9 cm³/mol. The molecule has 3 unspecified atom stereocenters. The predicted octanol–water partition coefficient (Wildman–Crippen LogP) is 4.21. The Kier molecular flexibility index (Phi) is 4.33. The van der Waals surface area contributed by atoms with Crippen LogP contribution in [0.4, 0.5) is 0 Å². The summed E-state index contributed by atoms with van der Waals surface area (Å²) in [5.41, 5.74) is 1.00. The fourth-order valence-electron chi connectivity index (χ4n) is 3.19. The van der Waals surface area contributed by atoms with Crippen molar-refractivity contribution in [2.24, 2.45) is 5.92 Å².